The molecule has 3 fully saturated rings. The van der Waals surface area contributed by atoms with Crippen molar-refractivity contribution in [3.8, 4) is 5.75 Å². The van der Waals surface area contributed by atoms with Crippen molar-refractivity contribution in [1.82, 2.24) is 4.90 Å². The summed E-state index contributed by atoms with van der Waals surface area (Å²) in [4.78, 5) is 56.5. The van der Waals surface area contributed by atoms with Gasteiger partial charge >= 0.3 is 5.97 Å². The van der Waals surface area contributed by atoms with E-state index in [9.17, 15) is 39.6 Å². The van der Waals surface area contributed by atoms with Gasteiger partial charge in [-0.1, -0.05) is 26.0 Å². The van der Waals surface area contributed by atoms with Gasteiger partial charge in [0.15, 0.2) is 11.4 Å². The number of carbonyl (C=O) groups excluding carboxylic acids is 4. The number of aromatic hydroxyl groups is 1. The minimum atomic E-state index is -2.96. The second kappa shape index (κ2) is 10.4. The van der Waals surface area contributed by atoms with Gasteiger partial charge in [-0.25, -0.2) is 0 Å². The van der Waals surface area contributed by atoms with E-state index in [4.69, 9.17) is 10.5 Å². The van der Waals surface area contributed by atoms with E-state index >= 15 is 0 Å². The van der Waals surface area contributed by atoms with Gasteiger partial charge in [-0.15, -0.1) is 0 Å². The molecule has 45 heavy (non-hydrogen) atoms. The summed E-state index contributed by atoms with van der Waals surface area (Å²) < 4.78 is 6.43. The summed E-state index contributed by atoms with van der Waals surface area (Å²) in [6.07, 6.45) is 2.85. The Labute approximate surface area is 261 Å². The van der Waals surface area contributed by atoms with Gasteiger partial charge in [-0.05, 0) is 88.4 Å². The van der Waals surface area contributed by atoms with Crippen molar-refractivity contribution in [2.75, 3.05) is 14.1 Å². The van der Waals surface area contributed by atoms with Crippen LogP contribution in [0.4, 0.5) is 0 Å². The Morgan fingerprint density at radius 2 is 1.64 bits per heavy atom. The molecule has 11 nitrogen and oxygen atoms in total. The van der Waals surface area contributed by atoms with Crippen molar-refractivity contribution in [2.24, 2.45) is 40.7 Å². The summed E-state index contributed by atoms with van der Waals surface area (Å²) >= 11 is 0. The first-order valence-corrected chi connectivity index (χ1v) is 15.7. The molecule has 0 aliphatic heterocycles. The molecule has 0 heterocycles. The lowest BCUT2D eigenvalue weighted by Gasteiger charge is -2.55. The average Bonchev–Trinajstić information content (AvgIpc) is 2.93. The number of aliphatic hydroxyl groups excluding tert-OH is 2. The fourth-order valence-corrected chi connectivity index (χ4v) is 9.71. The Hall–Kier alpha value is -3.70. The molecule has 1 aromatic carbocycles. The van der Waals surface area contributed by atoms with Gasteiger partial charge in [-0.3, -0.25) is 24.1 Å². The smallest absolute Gasteiger partial charge is 0.312 e. The summed E-state index contributed by atoms with van der Waals surface area (Å²) in [6.45, 7) is 5.85. The third-order valence-corrected chi connectivity index (χ3v) is 11.3. The van der Waals surface area contributed by atoms with E-state index in [0.717, 1.165) is 19.3 Å². The normalized spacial score (nSPS) is 39.3. The summed E-state index contributed by atoms with van der Waals surface area (Å²) in [5.41, 5.74) is 0.810. The second-order valence-electron chi connectivity index (χ2n) is 14.7. The van der Waals surface area contributed by atoms with E-state index in [1.54, 1.807) is 19.1 Å². The highest BCUT2D eigenvalue weighted by atomic mass is 16.5. The third-order valence-electron chi connectivity index (χ3n) is 11.3. The van der Waals surface area contributed by atoms with Gasteiger partial charge in [-0.2, -0.15) is 0 Å². The van der Waals surface area contributed by atoms with Crippen LogP contribution in [0.25, 0.3) is 5.76 Å². The molecule has 2 bridgehead atoms. The quantitative estimate of drug-likeness (QED) is 0.247. The third kappa shape index (κ3) is 4.37. The first-order chi connectivity index (χ1) is 21.0. The lowest BCUT2D eigenvalue weighted by molar-refractivity contribution is -0.194. The second-order valence-corrected chi connectivity index (χ2v) is 14.7. The molecule has 242 valence electrons. The molecule has 6 N–H and O–H groups in total. The molecular weight excluding hydrogens is 580 g/mol. The highest BCUT2D eigenvalue weighted by Gasteiger charge is 2.70. The number of carbonyl (C=O) groups is 4. The van der Waals surface area contributed by atoms with Crippen LogP contribution in [-0.4, -0.2) is 80.6 Å². The maximum absolute atomic E-state index is 14.4. The van der Waals surface area contributed by atoms with Gasteiger partial charge in [0.1, 0.15) is 28.9 Å². The van der Waals surface area contributed by atoms with Gasteiger partial charge < -0.3 is 30.9 Å². The minimum Gasteiger partial charge on any atom is -0.508 e. The number of fused-ring (bicyclic) bond motifs is 5. The van der Waals surface area contributed by atoms with Crippen molar-refractivity contribution in [3.63, 3.8) is 0 Å². The molecule has 5 aliphatic carbocycles. The fourth-order valence-electron chi connectivity index (χ4n) is 9.71. The highest BCUT2D eigenvalue weighted by Crippen LogP contribution is 2.58. The lowest BCUT2D eigenvalue weighted by Crippen LogP contribution is -2.71. The van der Waals surface area contributed by atoms with Crippen molar-refractivity contribution < 1.29 is 44.3 Å². The van der Waals surface area contributed by atoms with Crippen LogP contribution in [0.3, 0.4) is 0 Å². The number of nitrogens with zero attached hydrogens (tertiary/aromatic N) is 1. The zero-order valence-corrected chi connectivity index (χ0v) is 26.2. The number of rotatable bonds is 4. The van der Waals surface area contributed by atoms with Crippen LogP contribution in [0.15, 0.2) is 35.1 Å². The molecule has 6 rings (SSSR count). The molecule has 8 atom stereocenters. The topological polar surface area (TPSA) is 188 Å². The van der Waals surface area contributed by atoms with E-state index in [0.29, 0.717) is 36.2 Å². The Morgan fingerprint density at radius 3 is 2.22 bits per heavy atom. The zero-order valence-electron chi connectivity index (χ0n) is 26.2. The molecule has 11 heteroatoms. The molecule has 0 radical (unpaired) electrons. The number of amides is 1. The van der Waals surface area contributed by atoms with Crippen LogP contribution in [0.2, 0.25) is 0 Å². The zero-order chi connectivity index (χ0) is 32.9. The van der Waals surface area contributed by atoms with E-state index in [1.165, 1.54) is 25.1 Å². The molecular formula is C34H42N2O9. The van der Waals surface area contributed by atoms with Gasteiger partial charge in [0.05, 0.1) is 22.9 Å². The van der Waals surface area contributed by atoms with Crippen LogP contribution >= 0.6 is 0 Å². The van der Waals surface area contributed by atoms with Crippen LogP contribution in [0.1, 0.15) is 69.9 Å². The molecule has 0 saturated heterocycles. The number of primary amides is 1. The first-order valence-electron chi connectivity index (χ1n) is 15.7. The number of esters is 1. The Balaban J connectivity index is 1.56. The Bertz CT molecular complexity index is 1560. The molecule has 2 unspecified atom stereocenters. The van der Waals surface area contributed by atoms with Crippen LogP contribution < -0.4 is 5.73 Å². The number of aliphatic hydroxyl groups is 3. The minimum absolute atomic E-state index is 0.0208. The number of hydrogen-bond donors (Lipinski definition) is 5. The number of phenolic OH excluding ortho intramolecular Hbond substituents is 1. The van der Waals surface area contributed by atoms with Gasteiger partial charge in [0, 0.05) is 11.5 Å². The standard InChI is InChI=1S/C34H42N2O9/c1-14-9-16-11-17(10-14)13-33(3,12-16)32(43)45-28-20-15(2)18-7-6-8-19(37)21(18)26(38)22(20)29(40)34(44)24(28)25(36(4)5)27(39)23(30(34)41)31(35)42/h6-8,14-17,20,24-25,28,37-38,41,44H,9-13H2,1-5H3,(H2,35,42)/t14?,15-,16?,17?,20+,24-,25+,28+,33?,34+/m1/s1. The average molecular weight is 623 g/mol. The molecule has 1 aromatic rings. The van der Waals surface area contributed by atoms with Gasteiger partial charge in [0.25, 0.3) is 5.91 Å². The molecule has 1 amide bonds. The van der Waals surface area contributed by atoms with Crippen molar-refractivity contribution in [2.45, 2.75) is 76.5 Å². The predicted octanol–water partition coefficient (Wildman–Crippen LogP) is 2.90. The number of likely N-dealkylation sites (N-methyl/N-ethyl adjacent to an activating group) is 1. The largest absolute Gasteiger partial charge is 0.508 e. The van der Waals surface area contributed by atoms with Crippen LogP contribution in [0.5, 0.6) is 5.75 Å². The lowest BCUT2D eigenvalue weighted by atomic mass is 9.54. The number of Topliss-reactive ketones (excluding diaryl/α,β-unsaturated/α-hetero) is 2. The Kier molecular flexibility index (Phi) is 7.24. The number of phenols is 1. The molecule has 0 spiro atoms. The Morgan fingerprint density at radius 1 is 1.02 bits per heavy atom. The number of ether oxygens (including phenoxy) is 1. The van der Waals surface area contributed by atoms with Crippen LogP contribution in [-0.2, 0) is 23.9 Å². The number of nitrogens with two attached hydrogens (primary N) is 1. The summed E-state index contributed by atoms with van der Waals surface area (Å²) in [5, 5.41) is 46.0. The maximum atomic E-state index is 14.4. The maximum Gasteiger partial charge on any atom is 0.312 e. The number of ketones is 2. The van der Waals surface area contributed by atoms with Gasteiger partial charge in [0.2, 0.25) is 5.78 Å². The molecule has 3 saturated carbocycles. The summed E-state index contributed by atoms with van der Waals surface area (Å²) in [7, 11) is 3.02. The number of benzene rings is 1. The molecule has 0 aromatic heterocycles. The number of hydrogen-bond acceptors (Lipinski definition) is 10. The van der Waals surface area contributed by atoms with Crippen molar-refractivity contribution in [1.29, 1.82) is 0 Å². The fraction of sp³-hybridized carbons (Fsp3) is 0.588. The summed E-state index contributed by atoms with van der Waals surface area (Å²) in [6, 6.07) is 3.21. The first kappa shape index (κ1) is 31.3. The predicted molar refractivity (Wildman–Crippen MR) is 162 cm³/mol. The van der Waals surface area contributed by atoms with E-state index < -0.39 is 81.4 Å². The van der Waals surface area contributed by atoms with E-state index in [1.807, 2.05) is 6.92 Å². The van der Waals surface area contributed by atoms with E-state index in [2.05, 4.69) is 6.92 Å². The monoisotopic (exact) mass is 622 g/mol. The van der Waals surface area contributed by atoms with Crippen molar-refractivity contribution in [3.05, 3.63) is 46.2 Å². The van der Waals surface area contributed by atoms with Crippen LogP contribution in [0, 0.1) is 35.0 Å². The summed E-state index contributed by atoms with van der Waals surface area (Å²) in [5.74, 6) is -8.18. The highest BCUT2D eigenvalue weighted by molar-refractivity contribution is 6.24. The molecule has 5 aliphatic rings. The van der Waals surface area contributed by atoms with E-state index in [-0.39, 0.29) is 16.9 Å². The van der Waals surface area contributed by atoms with Crippen molar-refractivity contribution >= 4 is 29.2 Å². The SMILES string of the molecule is CC1CC2CC(C1)CC(C)(C(=O)O[C@H]1[C@@H]3C(=C(O)c4c(O)cccc4[C@H]3C)C(=O)[C@]3(O)C(O)=C(C(N)=O)C(=O)[C@@H](N(C)C)[C@H]13)C2.